The molecule has 1 aliphatic heterocycles. The first-order chi connectivity index (χ1) is 15.1. The SMILES string of the molecule is CC/C=C/c1nc2ccc(C(=O)N3CCN(c4nc5nc(C)ccc5o4)CC3)cc2o1. The molecule has 8 heteroatoms. The molecule has 3 aromatic heterocycles. The fourth-order valence-corrected chi connectivity index (χ4v) is 3.69. The van der Waals surface area contributed by atoms with Gasteiger partial charge >= 0.3 is 0 Å². The Morgan fingerprint density at radius 1 is 1.03 bits per heavy atom. The molecule has 1 fully saturated rings. The van der Waals surface area contributed by atoms with Crippen LogP contribution < -0.4 is 4.90 Å². The molecule has 0 atom stereocenters. The standard InChI is InChI=1S/C23H23N5O3/c1-3-4-5-20-25-17-8-7-16(14-19(17)30-20)22(29)27-10-12-28(13-11-27)23-26-21-18(31-23)9-6-15(2)24-21/h4-9,14H,3,10-13H2,1-2H3/b5-4+. The van der Waals surface area contributed by atoms with Crippen LogP contribution in [-0.4, -0.2) is 51.9 Å². The Labute approximate surface area is 179 Å². The molecule has 31 heavy (non-hydrogen) atoms. The van der Waals surface area contributed by atoms with E-state index in [4.69, 9.17) is 8.83 Å². The minimum absolute atomic E-state index is 0.0153. The third kappa shape index (κ3) is 3.76. The van der Waals surface area contributed by atoms with E-state index in [1.807, 2.05) is 53.1 Å². The maximum atomic E-state index is 13.0. The zero-order chi connectivity index (χ0) is 21.4. The number of oxazole rings is 2. The molecular formula is C23H23N5O3. The molecule has 0 unspecified atom stereocenters. The van der Waals surface area contributed by atoms with E-state index in [0.717, 1.165) is 17.6 Å². The molecule has 4 aromatic rings. The number of benzene rings is 1. The Hall–Kier alpha value is -3.68. The van der Waals surface area contributed by atoms with E-state index in [9.17, 15) is 4.79 Å². The van der Waals surface area contributed by atoms with Crippen molar-refractivity contribution in [2.75, 3.05) is 31.1 Å². The van der Waals surface area contributed by atoms with Crippen LogP contribution in [0.15, 0.2) is 45.2 Å². The fraction of sp³-hybridized carbons (Fsp3) is 0.304. The van der Waals surface area contributed by atoms with E-state index in [-0.39, 0.29) is 5.91 Å². The Kier molecular flexibility index (Phi) is 4.89. The predicted octanol–water partition coefficient (Wildman–Crippen LogP) is 4.06. The lowest BCUT2D eigenvalue weighted by molar-refractivity contribution is 0.0745. The first-order valence-corrected chi connectivity index (χ1v) is 10.5. The molecule has 1 amide bonds. The zero-order valence-electron chi connectivity index (χ0n) is 17.5. The van der Waals surface area contributed by atoms with Crippen LogP contribution in [0.4, 0.5) is 6.01 Å². The average Bonchev–Trinajstić information content (AvgIpc) is 3.40. The maximum Gasteiger partial charge on any atom is 0.300 e. The monoisotopic (exact) mass is 417 g/mol. The van der Waals surface area contributed by atoms with Crippen LogP contribution in [0.2, 0.25) is 0 Å². The summed E-state index contributed by atoms with van der Waals surface area (Å²) < 4.78 is 11.6. The Balaban J connectivity index is 1.28. The van der Waals surface area contributed by atoms with Gasteiger partial charge in [-0.2, -0.15) is 4.98 Å². The van der Waals surface area contributed by atoms with Crippen LogP contribution in [0.25, 0.3) is 28.4 Å². The number of pyridine rings is 1. The number of aryl methyl sites for hydroxylation is 1. The molecule has 0 aliphatic carbocycles. The smallest absolute Gasteiger partial charge is 0.300 e. The summed E-state index contributed by atoms with van der Waals surface area (Å²) in [5.74, 6) is 0.538. The molecule has 5 rings (SSSR count). The van der Waals surface area contributed by atoms with Crippen molar-refractivity contribution in [2.24, 2.45) is 0 Å². The van der Waals surface area contributed by atoms with E-state index in [1.165, 1.54) is 0 Å². The predicted molar refractivity (Wildman–Crippen MR) is 118 cm³/mol. The second-order valence-electron chi connectivity index (χ2n) is 7.60. The van der Waals surface area contributed by atoms with Gasteiger partial charge < -0.3 is 18.6 Å². The molecule has 158 valence electrons. The van der Waals surface area contributed by atoms with Crippen molar-refractivity contribution in [1.29, 1.82) is 0 Å². The third-order valence-corrected chi connectivity index (χ3v) is 5.37. The minimum Gasteiger partial charge on any atom is -0.437 e. The van der Waals surface area contributed by atoms with Crippen LogP contribution in [-0.2, 0) is 0 Å². The van der Waals surface area contributed by atoms with Gasteiger partial charge in [-0.15, -0.1) is 0 Å². The third-order valence-electron chi connectivity index (χ3n) is 5.37. The summed E-state index contributed by atoms with van der Waals surface area (Å²) in [6, 6.07) is 9.76. The van der Waals surface area contributed by atoms with E-state index >= 15 is 0 Å². The largest absolute Gasteiger partial charge is 0.437 e. The number of piperazine rings is 1. The van der Waals surface area contributed by atoms with Gasteiger partial charge in [-0.1, -0.05) is 13.0 Å². The normalized spacial score (nSPS) is 14.9. The van der Waals surface area contributed by atoms with Crippen molar-refractivity contribution < 1.29 is 13.6 Å². The van der Waals surface area contributed by atoms with E-state index in [1.54, 1.807) is 6.07 Å². The van der Waals surface area contributed by atoms with E-state index in [0.29, 0.717) is 60.5 Å². The van der Waals surface area contributed by atoms with Gasteiger partial charge in [-0.25, -0.2) is 9.97 Å². The summed E-state index contributed by atoms with van der Waals surface area (Å²) in [7, 11) is 0. The average molecular weight is 417 g/mol. The molecule has 0 saturated carbocycles. The number of carbonyl (C=O) groups is 1. The van der Waals surface area contributed by atoms with Gasteiger partial charge in [0.15, 0.2) is 11.2 Å². The molecule has 0 N–H and O–H groups in total. The summed E-state index contributed by atoms with van der Waals surface area (Å²) in [4.78, 5) is 30.2. The Morgan fingerprint density at radius 3 is 2.68 bits per heavy atom. The number of nitrogens with zero attached hydrogens (tertiary/aromatic N) is 5. The van der Waals surface area contributed by atoms with Gasteiger partial charge in [0.25, 0.3) is 11.9 Å². The van der Waals surface area contributed by atoms with Crippen molar-refractivity contribution in [3.8, 4) is 0 Å². The number of rotatable bonds is 4. The van der Waals surface area contributed by atoms with Gasteiger partial charge in [0.05, 0.1) is 0 Å². The highest BCUT2D eigenvalue weighted by Gasteiger charge is 2.25. The summed E-state index contributed by atoms with van der Waals surface area (Å²) in [6.45, 7) is 6.45. The molecule has 1 aliphatic rings. The van der Waals surface area contributed by atoms with Crippen LogP contribution in [0.3, 0.4) is 0 Å². The molecular weight excluding hydrogens is 394 g/mol. The number of fused-ring (bicyclic) bond motifs is 2. The Bertz CT molecular complexity index is 1280. The summed E-state index contributed by atoms with van der Waals surface area (Å²) in [5, 5.41) is 0. The highest BCUT2D eigenvalue weighted by atomic mass is 16.4. The first-order valence-electron chi connectivity index (χ1n) is 10.5. The number of hydrogen-bond acceptors (Lipinski definition) is 7. The molecule has 0 radical (unpaired) electrons. The van der Waals surface area contributed by atoms with Crippen molar-refractivity contribution >= 4 is 40.3 Å². The van der Waals surface area contributed by atoms with Crippen molar-refractivity contribution in [3.05, 3.63) is 53.6 Å². The van der Waals surface area contributed by atoms with Gasteiger partial charge in [0, 0.05) is 37.4 Å². The summed E-state index contributed by atoms with van der Waals surface area (Å²) in [6.07, 6.45) is 4.75. The molecule has 8 nitrogen and oxygen atoms in total. The van der Waals surface area contributed by atoms with Gasteiger partial charge in [-0.3, -0.25) is 4.79 Å². The lowest BCUT2D eigenvalue weighted by Crippen LogP contribution is -2.48. The van der Waals surface area contributed by atoms with Crippen LogP contribution in [0, 0.1) is 6.92 Å². The van der Waals surface area contributed by atoms with Crippen LogP contribution in [0.1, 0.15) is 35.3 Å². The van der Waals surface area contributed by atoms with E-state index in [2.05, 4.69) is 21.9 Å². The van der Waals surface area contributed by atoms with Crippen LogP contribution >= 0.6 is 0 Å². The van der Waals surface area contributed by atoms with Crippen molar-refractivity contribution in [1.82, 2.24) is 19.9 Å². The number of hydrogen-bond donors (Lipinski definition) is 0. The van der Waals surface area contributed by atoms with Gasteiger partial charge in [0.1, 0.15) is 5.52 Å². The topological polar surface area (TPSA) is 88.5 Å². The molecule has 1 saturated heterocycles. The quantitative estimate of drug-likeness (QED) is 0.495. The highest BCUT2D eigenvalue weighted by Crippen LogP contribution is 2.23. The number of carbonyl (C=O) groups excluding carboxylic acids is 1. The maximum absolute atomic E-state index is 13.0. The fourth-order valence-electron chi connectivity index (χ4n) is 3.69. The minimum atomic E-state index is -0.0153. The number of anilines is 1. The number of allylic oxidation sites excluding steroid dienone is 1. The number of amides is 1. The van der Waals surface area contributed by atoms with Crippen molar-refractivity contribution in [3.63, 3.8) is 0 Å². The summed E-state index contributed by atoms with van der Waals surface area (Å²) in [5.41, 5.74) is 4.16. The van der Waals surface area contributed by atoms with Gasteiger partial charge in [-0.05, 0) is 49.8 Å². The lowest BCUT2D eigenvalue weighted by Gasteiger charge is -2.33. The highest BCUT2D eigenvalue weighted by molar-refractivity contribution is 5.97. The molecule has 0 spiro atoms. The van der Waals surface area contributed by atoms with Crippen LogP contribution in [0.5, 0.6) is 0 Å². The molecule has 4 heterocycles. The lowest BCUT2D eigenvalue weighted by atomic mass is 10.1. The second-order valence-corrected chi connectivity index (χ2v) is 7.60. The Morgan fingerprint density at radius 2 is 1.87 bits per heavy atom. The first kappa shape index (κ1) is 19.3. The van der Waals surface area contributed by atoms with Crippen molar-refractivity contribution in [2.45, 2.75) is 20.3 Å². The zero-order valence-corrected chi connectivity index (χ0v) is 17.5. The second kappa shape index (κ2) is 7.86. The van der Waals surface area contributed by atoms with Gasteiger partial charge in [0.2, 0.25) is 11.5 Å². The number of aromatic nitrogens is 3. The summed E-state index contributed by atoms with van der Waals surface area (Å²) >= 11 is 0. The molecule has 1 aromatic carbocycles. The molecule has 0 bridgehead atoms. The van der Waals surface area contributed by atoms with E-state index < -0.39 is 0 Å².